The molecule has 5 N–H and O–H groups in total. The molecule has 9 heteroatoms. The van der Waals surface area contributed by atoms with Gasteiger partial charge in [-0.3, -0.25) is 5.41 Å². The fourth-order valence-corrected chi connectivity index (χ4v) is 2.69. The van der Waals surface area contributed by atoms with E-state index in [2.05, 4.69) is 15.3 Å². The van der Waals surface area contributed by atoms with Gasteiger partial charge in [-0.2, -0.15) is 0 Å². The van der Waals surface area contributed by atoms with Crippen LogP contribution >= 0.6 is 0 Å². The molecule has 3 rings (SSSR count). The summed E-state index contributed by atoms with van der Waals surface area (Å²) in [6.45, 7) is 1.53. The number of nitrogens with zero attached hydrogens (tertiary/aromatic N) is 4. The first-order valence-electron chi connectivity index (χ1n) is 8.96. The van der Waals surface area contributed by atoms with Gasteiger partial charge in [-0.05, 0) is 32.3 Å². The molecule has 0 aliphatic heterocycles. The lowest BCUT2D eigenvalue weighted by atomic mass is 10.1. The molecule has 0 fully saturated rings. The highest BCUT2D eigenvalue weighted by atomic mass is 16.5. The van der Waals surface area contributed by atoms with Crippen LogP contribution in [0.15, 0.2) is 53.0 Å². The van der Waals surface area contributed by atoms with E-state index < -0.39 is 0 Å². The zero-order valence-corrected chi connectivity index (χ0v) is 16.0. The van der Waals surface area contributed by atoms with E-state index >= 15 is 0 Å². The second kappa shape index (κ2) is 8.68. The summed E-state index contributed by atoms with van der Waals surface area (Å²) in [5.74, 6) is 0.973. The molecule has 0 radical (unpaired) electrons. The topological polar surface area (TPSA) is 124 Å². The summed E-state index contributed by atoms with van der Waals surface area (Å²) in [7, 11) is 4.02. The minimum Gasteiger partial charge on any atom is -0.489 e. The Balaban J connectivity index is 2.00. The third-order valence-electron chi connectivity index (χ3n) is 4.08. The molecule has 0 bridgehead atoms. The Morgan fingerprint density at radius 2 is 2.18 bits per heavy atom. The van der Waals surface area contributed by atoms with Crippen molar-refractivity contribution in [2.24, 2.45) is 10.7 Å². The Morgan fingerprint density at radius 3 is 2.93 bits per heavy atom. The minimum atomic E-state index is -0.135. The number of aliphatic hydroxyl groups is 1. The van der Waals surface area contributed by atoms with E-state index in [1.165, 1.54) is 6.08 Å². The van der Waals surface area contributed by atoms with E-state index in [4.69, 9.17) is 26.0 Å². The molecule has 0 saturated carbocycles. The van der Waals surface area contributed by atoms with Crippen LogP contribution in [0.3, 0.4) is 0 Å². The van der Waals surface area contributed by atoms with E-state index in [0.29, 0.717) is 35.2 Å². The summed E-state index contributed by atoms with van der Waals surface area (Å²) >= 11 is 0. The molecule has 2 heterocycles. The summed E-state index contributed by atoms with van der Waals surface area (Å²) in [5, 5.41) is 24.8. The Bertz CT molecular complexity index is 956. The van der Waals surface area contributed by atoms with Crippen LogP contribution in [-0.2, 0) is 4.74 Å². The van der Waals surface area contributed by atoms with Gasteiger partial charge in [-0.1, -0.05) is 6.07 Å². The number of nitrogens with two attached hydrogens (primary N) is 1. The lowest BCUT2D eigenvalue weighted by Crippen LogP contribution is -2.21. The molecule has 148 valence electrons. The van der Waals surface area contributed by atoms with E-state index in [-0.39, 0.29) is 18.9 Å². The van der Waals surface area contributed by atoms with Crippen LogP contribution in [0.25, 0.3) is 5.52 Å². The number of pyridine rings is 1. The molecule has 0 aromatic carbocycles. The SMILES string of the molecule is CN(C)CCNc1nn2ccccc2c1/N=C1\C=C(OCCO)C(=N)C=C1N. The van der Waals surface area contributed by atoms with Gasteiger partial charge in [0.25, 0.3) is 0 Å². The number of aromatic nitrogens is 2. The molecule has 0 amide bonds. The molecule has 1 aliphatic rings. The number of rotatable bonds is 8. The third kappa shape index (κ3) is 4.38. The average Bonchev–Trinajstić information content (AvgIpc) is 3.00. The smallest absolute Gasteiger partial charge is 0.175 e. The lowest BCUT2D eigenvalue weighted by Gasteiger charge is -2.15. The predicted octanol–water partition coefficient (Wildman–Crippen LogP) is 1.15. The first kappa shape index (κ1) is 19.6. The van der Waals surface area contributed by atoms with Gasteiger partial charge in [0, 0.05) is 25.4 Å². The van der Waals surface area contributed by atoms with Crippen molar-refractivity contribution in [2.45, 2.75) is 0 Å². The number of anilines is 1. The van der Waals surface area contributed by atoms with Gasteiger partial charge < -0.3 is 25.8 Å². The van der Waals surface area contributed by atoms with Gasteiger partial charge in [0.2, 0.25) is 0 Å². The van der Waals surface area contributed by atoms with E-state index in [1.54, 1.807) is 10.6 Å². The molecule has 0 spiro atoms. The molecular formula is C19H25N7O2. The van der Waals surface area contributed by atoms with Crippen molar-refractivity contribution in [3.05, 3.63) is 48.0 Å². The molecule has 9 nitrogen and oxygen atoms in total. The highest BCUT2D eigenvalue weighted by Gasteiger charge is 2.18. The van der Waals surface area contributed by atoms with Crippen LogP contribution in [0.4, 0.5) is 11.5 Å². The summed E-state index contributed by atoms with van der Waals surface area (Å²) in [6, 6.07) is 5.75. The van der Waals surface area contributed by atoms with Gasteiger partial charge in [-0.15, -0.1) is 5.10 Å². The quantitative estimate of drug-likeness (QED) is 0.507. The van der Waals surface area contributed by atoms with Crippen LogP contribution in [0.5, 0.6) is 0 Å². The molecule has 28 heavy (non-hydrogen) atoms. The number of aliphatic hydroxyl groups excluding tert-OH is 1. The summed E-state index contributed by atoms with van der Waals surface area (Å²) in [6.07, 6.45) is 4.97. The highest BCUT2D eigenvalue weighted by molar-refractivity contribution is 6.22. The molecule has 2 aromatic rings. The number of fused-ring (bicyclic) bond motifs is 1. The van der Waals surface area contributed by atoms with Crippen molar-refractivity contribution in [2.75, 3.05) is 45.7 Å². The van der Waals surface area contributed by atoms with Crippen molar-refractivity contribution >= 4 is 28.4 Å². The van der Waals surface area contributed by atoms with Gasteiger partial charge >= 0.3 is 0 Å². The van der Waals surface area contributed by atoms with Crippen LogP contribution in [0.1, 0.15) is 0 Å². The Kier molecular flexibility index (Phi) is 6.07. The normalized spacial score (nSPS) is 15.9. The molecule has 0 saturated heterocycles. The molecule has 0 atom stereocenters. The van der Waals surface area contributed by atoms with Gasteiger partial charge in [-0.25, -0.2) is 9.51 Å². The average molecular weight is 383 g/mol. The number of aliphatic imine (C=N–C) groups is 1. The Labute approximate surface area is 163 Å². The fraction of sp³-hybridized carbons (Fsp3) is 0.316. The second-order valence-corrected chi connectivity index (χ2v) is 6.55. The maximum atomic E-state index is 8.97. The van der Waals surface area contributed by atoms with Crippen LogP contribution in [0.2, 0.25) is 0 Å². The predicted molar refractivity (Wildman–Crippen MR) is 110 cm³/mol. The van der Waals surface area contributed by atoms with Crippen molar-refractivity contribution in [1.29, 1.82) is 5.41 Å². The first-order chi connectivity index (χ1) is 13.5. The minimum absolute atomic E-state index is 0.100. The fourth-order valence-electron chi connectivity index (χ4n) is 2.69. The van der Waals surface area contributed by atoms with E-state index in [9.17, 15) is 0 Å². The van der Waals surface area contributed by atoms with Gasteiger partial charge in [0.15, 0.2) is 5.82 Å². The highest BCUT2D eigenvalue weighted by Crippen LogP contribution is 2.31. The number of allylic oxidation sites excluding steroid dienone is 2. The van der Waals surface area contributed by atoms with Crippen molar-refractivity contribution in [3.8, 4) is 0 Å². The maximum Gasteiger partial charge on any atom is 0.175 e. The zero-order valence-electron chi connectivity index (χ0n) is 16.0. The maximum absolute atomic E-state index is 8.97. The standard InChI is InChI=1S/C19H25N7O2/c1-25(2)8-6-22-19-18(16-5-3-4-7-26(16)24-19)23-15-12-17(28-10-9-27)14(21)11-13(15)20/h3-5,7,11-12,21,27H,6,8-10,20H2,1-2H3,(H,22,24)/b21-14?,23-15+. The third-order valence-corrected chi connectivity index (χ3v) is 4.08. The van der Waals surface area contributed by atoms with Gasteiger partial charge in [0.05, 0.1) is 29.2 Å². The molecule has 0 unspecified atom stereocenters. The van der Waals surface area contributed by atoms with E-state index in [1.807, 2.05) is 38.5 Å². The van der Waals surface area contributed by atoms with Crippen molar-refractivity contribution in [1.82, 2.24) is 14.5 Å². The largest absolute Gasteiger partial charge is 0.489 e. The summed E-state index contributed by atoms with van der Waals surface area (Å²) in [4.78, 5) is 6.80. The van der Waals surface area contributed by atoms with E-state index in [0.717, 1.165) is 12.1 Å². The Morgan fingerprint density at radius 1 is 1.36 bits per heavy atom. The molecule has 1 aliphatic carbocycles. The Hall–Kier alpha value is -3.17. The zero-order chi connectivity index (χ0) is 20.1. The lowest BCUT2D eigenvalue weighted by molar-refractivity contribution is 0.156. The first-order valence-corrected chi connectivity index (χ1v) is 8.96. The number of ether oxygens (including phenoxy) is 1. The second-order valence-electron chi connectivity index (χ2n) is 6.55. The van der Waals surface area contributed by atoms with Crippen molar-refractivity contribution in [3.63, 3.8) is 0 Å². The number of likely N-dealkylation sites (N-methyl/N-ethyl adjacent to an activating group) is 1. The van der Waals surface area contributed by atoms with Gasteiger partial charge in [0.1, 0.15) is 18.1 Å². The van der Waals surface area contributed by atoms with Crippen molar-refractivity contribution < 1.29 is 9.84 Å². The molecule has 2 aromatic heterocycles. The summed E-state index contributed by atoms with van der Waals surface area (Å²) < 4.78 is 7.17. The van der Waals surface area contributed by atoms with Crippen LogP contribution < -0.4 is 11.1 Å². The molecular weight excluding hydrogens is 358 g/mol. The number of hydrogen-bond donors (Lipinski definition) is 4. The van der Waals surface area contributed by atoms with Crippen LogP contribution in [-0.4, -0.2) is 71.4 Å². The monoisotopic (exact) mass is 383 g/mol. The number of nitrogens with one attached hydrogen (secondary N) is 2. The number of hydrogen-bond acceptors (Lipinski definition) is 8. The summed E-state index contributed by atoms with van der Waals surface area (Å²) in [5.41, 5.74) is 8.60. The van der Waals surface area contributed by atoms with Crippen LogP contribution in [0, 0.1) is 5.41 Å².